The number of nitrogens with one attached hydrogen (secondary N) is 2. The van der Waals surface area contributed by atoms with E-state index in [0.717, 1.165) is 23.5 Å². The fourth-order valence-corrected chi connectivity index (χ4v) is 4.91. The number of nitrogens with zero attached hydrogens (tertiary/aromatic N) is 1. The van der Waals surface area contributed by atoms with Crippen LogP contribution in [0.5, 0.6) is 5.75 Å². The van der Waals surface area contributed by atoms with Crippen LogP contribution in [-0.4, -0.2) is 23.0 Å². The lowest BCUT2D eigenvalue weighted by Crippen LogP contribution is -2.20. The summed E-state index contributed by atoms with van der Waals surface area (Å²) < 4.78 is 5.34. The van der Waals surface area contributed by atoms with Gasteiger partial charge < -0.3 is 15.0 Å². The van der Waals surface area contributed by atoms with Crippen molar-refractivity contribution in [3.8, 4) is 5.75 Å². The Balaban J connectivity index is 0.000000173. The van der Waals surface area contributed by atoms with Crippen LogP contribution in [0.25, 0.3) is 11.0 Å². The molecule has 1 aliphatic rings. The van der Waals surface area contributed by atoms with Crippen LogP contribution in [0, 0.1) is 13.8 Å². The maximum absolute atomic E-state index is 11.2. The van der Waals surface area contributed by atoms with Crippen LogP contribution >= 0.6 is 0 Å². The van der Waals surface area contributed by atoms with Gasteiger partial charge in [0.05, 0.1) is 7.11 Å². The van der Waals surface area contributed by atoms with E-state index in [1.54, 1.807) is 7.11 Å². The molecule has 42 heavy (non-hydrogen) atoms. The van der Waals surface area contributed by atoms with Gasteiger partial charge in [-0.05, 0) is 88.1 Å². The number of benzene rings is 2. The molecule has 1 amide bonds. The Morgan fingerprint density at radius 1 is 0.738 bits per heavy atom. The van der Waals surface area contributed by atoms with E-state index in [2.05, 4.69) is 128 Å². The van der Waals surface area contributed by atoms with Crippen LogP contribution in [0.15, 0.2) is 54.9 Å². The summed E-state index contributed by atoms with van der Waals surface area (Å²) in [5, 5.41) is 4.09. The van der Waals surface area contributed by atoms with Gasteiger partial charge in [0.1, 0.15) is 11.4 Å². The molecule has 0 atom stereocenters. The first-order valence-electron chi connectivity index (χ1n) is 14.9. The fourth-order valence-electron chi connectivity index (χ4n) is 4.91. The predicted molar refractivity (Wildman–Crippen MR) is 178 cm³/mol. The van der Waals surface area contributed by atoms with Gasteiger partial charge in [0, 0.05) is 29.9 Å². The van der Waals surface area contributed by atoms with Crippen molar-refractivity contribution in [3.63, 3.8) is 0 Å². The van der Waals surface area contributed by atoms with E-state index >= 15 is 0 Å². The highest BCUT2D eigenvalue weighted by Gasteiger charge is 2.19. The second-order valence-electron chi connectivity index (χ2n) is 14.5. The van der Waals surface area contributed by atoms with Crippen molar-refractivity contribution in [3.05, 3.63) is 88.2 Å². The third kappa shape index (κ3) is 8.47. The Morgan fingerprint density at radius 3 is 1.88 bits per heavy atom. The van der Waals surface area contributed by atoms with Gasteiger partial charge in [0.2, 0.25) is 5.91 Å². The molecule has 5 nitrogen and oxygen atoms in total. The Kier molecular flexibility index (Phi) is 9.97. The third-order valence-corrected chi connectivity index (χ3v) is 7.66. The van der Waals surface area contributed by atoms with E-state index in [-0.39, 0.29) is 22.2 Å². The van der Waals surface area contributed by atoms with Gasteiger partial charge in [-0.3, -0.25) is 4.79 Å². The van der Waals surface area contributed by atoms with Crippen LogP contribution in [0.3, 0.4) is 0 Å². The molecule has 0 saturated carbocycles. The zero-order valence-corrected chi connectivity index (χ0v) is 27.9. The maximum Gasteiger partial charge on any atom is 0.224 e. The largest absolute Gasteiger partial charge is 0.496 e. The first-order valence-corrected chi connectivity index (χ1v) is 14.9. The third-order valence-electron chi connectivity index (χ3n) is 7.66. The Bertz CT molecular complexity index is 1500. The first kappa shape index (κ1) is 32.9. The number of carbonyl (C=O) groups excluding carboxylic acids is 1. The number of aryl methyl sites for hydroxylation is 3. The molecule has 5 heteroatoms. The lowest BCUT2D eigenvalue weighted by molar-refractivity contribution is -0.116. The van der Waals surface area contributed by atoms with Gasteiger partial charge >= 0.3 is 0 Å². The van der Waals surface area contributed by atoms with Crippen molar-refractivity contribution in [2.45, 2.75) is 105 Å². The SMILES string of the molecule is CC(C)(C)c1ccc2c(c1)CCC(=O)N2.CC(C)(C)c1cnc2[nH]ccc2c1.COc1c(C)cc(C(C)(C)C)cc1C. The lowest BCUT2D eigenvalue weighted by Gasteiger charge is -2.23. The fraction of sp³-hybridized carbons (Fsp3) is 0.459. The minimum Gasteiger partial charge on any atom is -0.496 e. The van der Waals surface area contributed by atoms with Crippen LogP contribution < -0.4 is 10.1 Å². The molecule has 0 spiro atoms. The molecule has 3 heterocycles. The van der Waals surface area contributed by atoms with E-state index < -0.39 is 0 Å². The highest BCUT2D eigenvalue weighted by Crippen LogP contribution is 2.31. The molecule has 0 bridgehead atoms. The zero-order valence-electron chi connectivity index (χ0n) is 27.9. The molecular weight excluding hydrogens is 518 g/mol. The quantitative estimate of drug-likeness (QED) is 0.240. The lowest BCUT2D eigenvalue weighted by atomic mass is 9.85. The van der Waals surface area contributed by atoms with Crippen molar-refractivity contribution in [1.29, 1.82) is 0 Å². The average molecular weight is 570 g/mol. The van der Waals surface area contributed by atoms with Gasteiger partial charge in [-0.2, -0.15) is 0 Å². The Morgan fingerprint density at radius 2 is 1.33 bits per heavy atom. The molecular formula is C37H51N3O2. The standard InChI is InChI=1S/C13H17NO.C13H20O.C11H14N2/c1-13(2,3)10-5-6-11-9(8-10)4-7-12(15)14-11;1-9-7-11(13(3,4)5)8-10(2)12(9)14-6;1-11(2,3)9-6-8-4-5-12-10(8)13-7-9/h5-6,8H,4,7H2,1-3H3,(H,14,15);7-8H,1-6H3;4-7H,1-3H3,(H,12,13). The molecule has 1 aliphatic heterocycles. The number of pyridine rings is 1. The molecule has 0 fully saturated rings. The highest BCUT2D eigenvalue weighted by molar-refractivity contribution is 5.93. The van der Waals surface area contributed by atoms with Crippen molar-refractivity contribution in [1.82, 2.24) is 9.97 Å². The van der Waals surface area contributed by atoms with Crippen molar-refractivity contribution >= 4 is 22.6 Å². The second kappa shape index (κ2) is 12.7. The van der Waals surface area contributed by atoms with Crippen molar-refractivity contribution < 1.29 is 9.53 Å². The molecule has 2 aromatic heterocycles. The summed E-state index contributed by atoms with van der Waals surface area (Å²) >= 11 is 0. The number of rotatable bonds is 1. The molecule has 2 N–H and O–H groups in total. The summed E-state index contributed by atoms with van der Waals surface area (Å²) in [7, 11) is 1.73. The number of carbonyl (C=O) groups is 1. The molecule has 0 saturated heterocycles. The topological polar surface area (TPSA) is 67.0 Å². The average Bonchev–Trinajstić information content (AvgIpc) is 3.35. The number of H-pyrrole nitrogens is 1. The number of fused-ring (bicyclic) bond motifs is 2. The summed E-state index contributed by atoms with van der Waals surface area (Å²) in [5.74, 6) is 1.14. The van der Waals surface area contributed by atoms with Gasteiger partial charge in [-0.25, -0.2) is 4.98 Å². The first-order chi connectivity index (χ1) is 19.4. The number of aromatic nitrogens is 2. The summed E-state index contributed by atoms with van der Waals surface area (Å²) in [6.45, 7) is 24.1. The number of aromatic amines is 1. The number of hydrogen-bond donors (Lipinski definition) is 2. The number of amides is 1. The zero-order chi connectivity index (χ0) is 31.5. The van der Waals surface area contributed by atoms with E-state index in [1.807, 2.05) is 18.5 Å². The maximum atomic E-state index is 11.2. The van der Waals surface area contributed by atoms with E-state index in [1.165, 1.54) is 38.8 Å². The van der Waals surface area contributed by atoms with E-state index in [4.69, 9.17) is 4.74 Å². The van der Waals surface area contributed by atoms with Crippen LogP contribution in [0.1, 0.15) is 102 Å². The predicted octanol–water partition coefficient (Wildman–Crippen LogP) is 9.34. The van der Waals surface area contributed by atoms with E-state index in [0.29, 0.717) is 6.42 Å². The molecule has 0 radical (unpaired) electrons. The van der Waals surface area contributed by atoms with Crippen LogP contribution in [0.4, 0.5) is 5.69 Å². The number of hydrogen-bond acceptors (Lipinski definition) is 3. The van der Waals surface area contributed by atoms with E-state index in [9.17, 15) is 4.79 Å². The van der Waals surface area contributed by atoms with Gasteiger partial charge in [-0.15, -0.1) is 0 Å². The number of anilines is 1. The van der Waals surface area contributed by atoms with Gasteiger partial charge in [0.25, 0.3) is 0 Å². The minimum absolute atomic E-state index is 0.131. The normalized spacial score (nSPS) is 13.3. The minimum atomic E-state index is 0.131. The van der Waals surface area contributed by atoms with Crippen molar-refractivity contribution in [2.24, 2.45) is 0 Å². The molecule has 2 aromatic carbocycles. The summed E-state index contributed by atoms with van der Waals surface area (Å²) in [6.07, 6.45) is 5.34. The second-order valence-corrected chi connectivity index (χ2v) is 14.5. The molecule has 4 aromatic rings. The molecule has 0 aliphatic carbocycles. The number of ether oxygens (including phenoxy) is 1. The van der Waals surface area contributed by atoms with Gasteiger partial charge in [0.15, 0.2) is 0 Å². The van der Waals surface area contributed by atoms with Crippen LogP contribution in [-0.2, 0) is 27.5 Å². The van der Waals surface area contributed by atoms with Gasteiger partial charge in [-0.1, -0.05) is 86.6 Å². The Hall–Kier alpha value is -3.60. The molecule has 5 rings (SSSR count). The number of methoxy groups -OCH3 is 1. The summed E-state index contributed by atoms with van der Waals surface area (Å²) in [6, 6.07) is 15.0. The van der Waals surface area contributed by atoms with Crippen molar-refractivity contribution in [2.75, 3.05) is 12.4 Å². The molecule has 226 valence electrons. The van der Waals surface area contributed by atoms with Crippen LogP contribution in [0.2, 0.25) is 0 Å². The smallest absolute Gasteiger partial charge is 0.224 e. The summed E-state index contributed by atoms with van der Waals surface area (Å²) in [5.41, 5.74) is 10.2. The highest BCUT2D eigenvalue weighted by atomic mass is 16.5. The Labute approximate surface area is 253 Å². The molecule has 0 unspecified atom stereocenters. The monoisotopic (exact) mass is 569 g/mol. The summed E-state index contributed by atoms with van der Waals surface area (Å²) in [4.78, 5) is 18.6.